The summed E-state index contributed by atoms with van der Waals surface area (Å²) in [7, 11) is 0. The lowest BCUT2D eigenvalue weighted by Gasteiger charge is -2.19. The van der Waals surface area contributed by atoms with Gasteiger partial charge in [-0.15, -0.1) is 11.8 Å². The van der Waals surface area contributed by atoms with Gasteiger partial charge in [-0.1, -0.05) is 35.4 Å². The minimum absolute atomic E-state index is 0.0869. The number of benzene rings is 2. The van der Waals surface area contributed by atoms with E-state index in [1.54, 1.807) is 35.2 Å². The predicted octanol–water partition coefficient (Wildman–Crippen LogP) is 5.30. The fourth-order valence-corrected chi connectivity index (χ4v) is 5.17. The van der Waals surface area contributed by atoms with Gasteiger partial charge in [0.25, 0.3) is 0 Å². The molecule has 1 fully saturated rings. The Kier molecular flexibility index (Phi) is 7.78. The van der Waals surface area contributed by atoms with Gasteiger partial charge in [-0.3, -0.25) is 4.57 Å². The number of carbonyl (C=O) groups is 2. The van der Waals surface area contributed by atoms with Crippen molar-refractivity contribution in [2.45, 2.75) is 43.7 Å². The topological polar surface area (TPSA) is 105 Å². The zero-order chi connectivity index (χ0) is 26.8. The third-order valence-electron chi connectivity index (χ3n) is 6.26. The second kappa shape index (κ2) is 11.2. The maximum absolute atomic E-state index is 12.9. The number of ether oxygens (including phenoxy) is 3. The number of esters is 2. The van der Waals surface area contributed by atoms with Crippen LogP contribution in [-0.2, 0) is 14.2 Å². The van der Waals surface area contributed by atoms with Crippen molar-refractivity contribution in [3.8, 4) is 0 Å². The number of imidazole rings is 1. The number of hydrogen-bond acceptors (Lipinski definition) is 9. The monoisotopic (exact) mass is 596 g/mol. The van der Waals surface area contributed by atoms with Crippen LogP contribution in [0.5, 0.6) is 0 Å². The molecule has 2 aromatic heterocycles. The van der Waals surface area contributed by atoms with Crippen LogP contribution in [0, 0.1) is 13.8 Å². The van der Waals surface area contributed by atoms with Crippen LogP contribution in [0.2, 0.25) is 0 Å². The number of nitrogens with zero attached hydrogens (tertiary/aromatic N) is 4. The van der Waals surface area contributed by atoms with Gasteiger partial charge < -0.3 is 14.2 Å². The predicted molar refractivity (Wildman–Crippen MR) is 145 cm³/mol. The molecule has 11 heteroatoms. The number of thioether (sulfide) groups is 1. The highest BCUT2D eigenvalue weighted by atomic mass is 79.9. The molecule has 0 unspecified atom stereocenters. The molecule has 0 amide bonds. The summed E-state index contributed by atoms with van der Waals surface area (Å²) in [5, 5.41) is 0.726. The normalized spacial score (nSPS) is 19.0. The van der Waals surface area contributed by atoms with E-state index in [-0.39, 0.29) is 6.61 Å². The smallest absolute Gasteiger partial charge is 0.338 e. The summed E-state index contributed by atoms with van der Waals surface area (Å²) in [6, 6.07) is 14.3. The molecule has 4 aromatic rings. The third kappa shape index (κ3) is 5.59. The first-order chi connectivity index (χ1) is 18.3. The maximum Gasteiger partial charge on any atom is 0.338 e. The summed E-state index contributed by atoms with van der Waals surface area (Å²) >= 11 is 4.82. The molecule has 0 radical (unpaired) electrons. The van der Waals surface area contributed by atoms with E-state index in [0.29, 0.717) is 33.4 Å². The van der Waals surface area contributed by atoms with E-state index in [4.69, 9.17) is 14.2 Å². The van der Waals surface area contributed by atoms with E-state index in [0.717, 1.165) is 16.2 Å². The van der Waals surface area contributed by atoms with Crippen molar-refractivity contribution in [1.82, 2.24) is 19.5 Å². The molecule has 2 aromatic carbocycles. The molecule has 1 aliphatic rings. The Morgan fingerprint density at radius 1 is 1.03 bits per heavy atom. The van der Waals surface area contributed by atoms with Crippen molar-refractivity contribution in [3.05, 3.63) is 81.8 Å². The highest BCUT2D eigenvalue weighted by Gasteiger charge is 2.40. The van der Waals surface area contributed by atoms with Crippen LogP contribution in [0.25, 0.3) is 11.2 Å². The van der Waals surface area contributed by atoms with Crippen LogP contribution >= 0.6 is 27.7 Å². The van der Waals surface area contributed by atoms with Gasteiger partial charge in [0.15, 0.2) is 10.4 Å². The van der Waals surface area contributed by atoms with Crippen LogP contribution in [0.4, 0.5) is 0 Å². The van der Waals surface area contributed by atoms with Crippen LogP contribution < -0.4 is 0 Å². The molecule has 9 nitrogen and oxygen atoms in total. The third-order valence-corrected chi connectivity index (χ3v) is 7.28. The molecule has 0 saturated carbocycles. The molecule has 196 valence electrons. The molecule has 0 aliphatic carbocycles. The van der Waals surface area contributed by atoms with E-state index >= 15 is 0 Å². The molecule has 0 spiro atoms. The molecule has 3 heterocycles. The zero-order valence-corrected chi connectivity index (χ0v) is 23.4. The SMILES string of the molecule is CSc1nc(Br)nc2c1ncn2[C@@H]1C[C@H](OC(=O)c2ccc(C)cc2)[C@@H](COC(=O)c2ccc(C)cc2)O1. The quantitative estimate of drug-likeness (QED) is 0.122. The van der Waals surface area contributed by atoms with Crippen molar-refractivity contribution in [2.75, 3.05) is 12.9 Å². The Morgan fingerprint density at radius 3 is 2.29 bits per heavy atom. The number of hydrogen-bond donors (Lipinski definition) is 0. The number of rotatable bonds is 7. The van der Waals surface area contributed by atoms with E-state index in [1.165, 1.54) is 11.8 Å². The lowest BCUT2D eigenvalue weighted by atomic mass is 10.1. The van der Waals surface area contributed by atoms with Crippen LogP contribution in [0.3, 0.4) is 0 Å². The van der Waals surface area contributed by atoms with Crippen molar-refractivity contribution in [1.29, 1.82) is 0 Å². The van der Waals surface area contributed by atoms with Gasteiger partial charge in [-0.25, -0.2) is 24.5 Å². The van der Waals surface area contributed by atoms with E-state index in [9.17, 15) is 9.59 Å². The minimum atomic E-state index is -0.688. The molecule has 5 rings (SSSR count). The molecule has 3 atom stereocenters. The lowest BCUT2D eigenvalue weighted by molar-refractivity contribution is -0.0563. The molecule has 0 N–H and O–H groups in total. The largest absolute Gasteiger partial charge is 0.459 e. The van der Waals surface area contributed by atoms with Gasteiger partial charge in [-0.2, -0.15) is 0 Å². The summed E-state index contributed by atoms with van der Waals surface area (Å²) in [6.07, 6.45) is 1.98. The lowest BCUT2D eigenvalue weighted by Crippen LogP contribution is -2.32. The number of fused-ring (bicyclic) bond motifs is 1. The van der Waals surface area contributed by atoms with E-state index in [1.807, 2.05) is 44.4 Å². The van der Waals surface area contributed by atoms with Gasteiger partial charge >= 0.3 is 11.9 Å². The Bertz CT molecular complexity index is 1480. The molecular weight excluding hydrogens is 572 g/mol. The summed E-state index contributed by atoms with van der Waals surface area (Å²) in [5.74, 6) is -0.950. The van der Waals surface area contributed by atoms with E-state index < -0.39 is 30.4 Å². The fourth-order valence-electron chi connectivity index (χ4n) is 4.19. The van der Waals surface area contributed by atoms with Crippen molar-refractivity contribution >= 4 is 50.8 Å². The molecule has 1 saturated heterocycles. The Hall–Kier alpha value is -3.28. The first kappa shape index (κ1) is 26.3. The van der Waals surface area contributed by atoms with Crippen LogP contribution in [0.15, 0.2) is 64.6 Å². The second-order valence-electron chi connectivity index (χ2n) is 8.97. The maximum atomic E-state index is 12.9. The van der Waals surface area contributed by atoms with Gasteiger partial charge in [0, 0.05) is 6.42 Å². The van der Waals surface area contributed by atoms with Crippen LogP contribution in [0.1, 0.15) is 44.5 Å². The summed E-state index contributed by atoms with van der Waals surface area (Å²) < 4.78 is 20.0. The van der Waals surface area contributed by atoms with Crippen LogP contribution in [-0.4, -0.2) is 56.5 Å². The van der Waals surface area contributed by atoms with Gasteiger partial charge in [0.2, 0.25) is 0 Å². The number of aryl methyl sites for hydroxylation is 2. The summed E-state index contributed by atoms with van der Waals surface area (Å²) in [4.78, 5) is 39.0. The standard InChI is InChI=1S/C27H25BrN4O5S/c1-15-4-8-17(9-5-15)25(33)35-13-20-19(37-26(34)18-10-6-16(2)7-11-18)12-21(36-20)32-14-29-22-23(32)30-27(28)31-24(22)38-3/h4-11,14,19-21H,12-13H2,1-3H3/t19-,20+,21-/m0/s1. The summed E-state index contributed by atoms with van der Waals surface area (Å²) in [5.41, 5.74) is 4.18. The first-order valence-corrected chi connectivity index (χ1v) is 13.9. The Labute approximate surface area is 232 Å². The molecule has 0 bridgehead atoms. The number of aromatic nitrogens is 4. The Balaban J connectivity index is 1.38. The Morgan fingerprint density at radius 2 is 1.66 bits per heavy atom. The minimum Gasteiger partial charge on any atom is -0.459 e. The van der Waals surface area contributed by atoms with Gasteiger partial charge in [0.1, 0.15) is 35.6 Å². The molecular formula is C27H25BrN4O5S. The van der Waals surface area contributed by atoms with E-state index in [2.05, 4.69) is 30.9 Å². The summed E-state index contributed by atoms with van der Waals surface area (Å²) in [6.45, 7) is 3.80. The highest BCUT2D eigenvalue weighted by Crippen LogP contribution is 2.35. The number of carbonyl (C=O) groups excluding carboxylic acids is 2. The van der Waals surface area contributed by atoms with Crippen molar-refractivity contribution in [2.24, 2.45) is 0 Å². The van der Waals surface area contributed by atoms with Gasteiger partial charge in [-0.05, 0) is 60.3 Å². The molecule has 38 heavy (non-hydrogen) atoms. The first-order valence-electron chi connectivity index (χ1n) is 11.9. The highest BCUT2D eigenvalue weighted by molar-refractivity contribution is 9.10. The van der Waals surface area contributed by atoms with Crippen molar-refractivity contribution in [3.63, 3.8) is 0 Å². The average molecular weight is 597 g/mol. The zero-order valence-electron chi connectivity index (χ0n) is 21.0. The molecule has 1 aliphatic heterocycles. The van der Waals surface area contributed by atoms with Gasteiger partial charge in [0.05, 0.1) is 17.5 Å². The average Bonchev–Trinajstić information content (AvgIpc) is 3.51. The number of halogens is 1. The fraction of sp³-hybridized carbons (Fsp3) is 0.296. The second-order valence-corrected chi connectivity index (χ2v) is 10.5. The van der Waals surface area contributed by atoms with Crippen molar-refractivity contribution < 1.29 is 23.8 Å².